The number of piperazine rings is 1. The van der Waals surface area contributed by atoms with Crippen molar-refractivity contribution >= 4 is 29.3 Å². The largest absolute Gasteiger partial charge is 0.342 e. The molecule has 0 aliphatic carbocycles. The molecule has 0 spiro atoms. The van der Waals surface area contributed by atoms with Crippen molar-refractivity contribution in [3.05, 3.63) is 24.3 Å². The molecule has 2 atom stereocenters. The second-order valence-electron chi connectivity index (χ2n) is 5.53. The molecule has 4 nitrogen and oxygen atoms in total. The molecule has 0 aromatic heterocycles. The number of anilines is 1. The van der Waals surface area contributed by atoms with Crippen LogP contribution in [0, 0.1) is 5.92 Å². The van der Waals surface area contributed by atoms with Crippen molar-refractivity contribution in [1.29, 1.82) is 0 Å². The van der Waals surface area contributed by atoms with Gasteiger partial charge in [0.2, 0.25) is 5.91 Å². The summed E-state index contributed by atoms with van der Waals surface area (Å²) in [6, 6.07) is 6.88. The van der Waals surface area contributed by atoms with E-state index in [1.54, 1.807) is 16.7 Å². The lowest BCUT2D eigenvalue weighted by molar-refractivity contribution is -0.135. The molecule has 1 aromatic carbocycles. The van der Waals surface area contributed by atoms with Gasteiger partial charge in [0, 0.05) is 4.90 Å². The molecule has 1 aromatic rings. The summed E-state index contributed by atoms with van der Waals surface area (Å²) >= 11 is 1.59. The Morgan fingerprint density at radius 3 is 2.52 bits per heavy atom. The smallest absolute Gasteiger partial charge is 0.250 e. The predicted molar refractivity (Wildman–Crippen MR) is 86.6 cm³/mol. The molecule has 1 saturated heterocycles. The van der Waals surface area contributed by atoms with Crippen molar-refractivity contribution in [2.75, 3.05) is 11.2 Å². The summed E-state index contributed by atoms with van der Waals surface area (Å²) < 4.78 is 0. The molecule has 0 saturated carbocycles. The maximum atomic E-state index is 12.9. The quantitative estimate of drug-likeness (QED) is 0.870. The number of hydrogen-bond acceptors (Lipinski definition) is 3. The minimum absolute atomic E-state index is 0.0158. The fourth-order valence-corrected chi connectivity index (χ4v) is 3.26. The normalized spacial score (nSPS) is 22.6. The first-order valence-corrected chi connectivity index (χ1v) is 8.50. The first kappa shape index (κ1) is 15.9. The highest BCUT2D eigenvalue weighted by Gasteiger charge is 2.42. The first-order valence-electron chi connectivity index (χ1n) is 7.27. The number of thioether (sulfide) groups is 1. The highest BCUT2D eigenvalue weighted by Crippen LogP contribution is 2.32. The topological polar surface area (TPSA) is 49.4 Å². The minimum atomic E-state index is -0.449. The Kier molecular flexibility index (Phi) is 4.93. The van der Waals surface area contributed by atoms with Gasteiger partial charge in [0.05, 0.1) is 5.69 Å². The van der Waals surface area contributed by atoms with Gasteiger partial charge in [0.1, 0.15) is 12.1 Å². The molecule has 1 aliphatic rings. The van der Waals surface area contributed by atoms with Crippen LogP contribution in [0.1, 0.15) is 27.2 Å². The number of benzene rings is 1. The van der Waals surface area contributed by atoms with Crippen LogP contribution in [0.5, 0.6) is 0 Å². The lowest BCUT2D eigenvalue weighted by Crippen LogP contribution is -2.65. The van der Waals surface area contributed by atoms with Gasteiger partial charge in [-0.2, -0.15) is 0 Å². The number of rotatable bonds is 4. The van der Waals surface area contributed by atoms with Crippen LogP contribution in [0.25, 0.3) is 0 Å². The molecule has 1 fully saturated rings. The molecule has 1 N–H and O–H groups in total. The third kappa shape index (κ3) is 2.93. The van der Waals surface area contributed by atoms with Crippen LogP contribution in [-0.2, 0) is 9.59 Å². The van der Waals surface area contributed by atoms with E-state index >= 15 is 0 Å². The van der Waals surface area contributed by atoms with Gasteiger partial charge in [-0.25, -0.2) is 0 Å². The molecule has 1 heterocycles. The summed E-state index contributed by atoms with van der Waals surface area (Å²) in [5, 5.41) is 2.87. The number of amides is 2. The van der Waals surface area contributed by atoms with Crippen LogP contribution < -0.4 is 10.2 Å². The minimum Gasteiger partial charge on any atom is -0.342 e. The third-order valence-corrected chi connectivity index (χ3v) is 4.60. The van der Waals surface area contributed by atoms with E-state index in [-0.39, 0.29) is 17.7 Å². The Morgan fingerprint density at radius 2 is 1.95 bits per heavy atom. The summed E-state index contributed by atoms with van der Waals surface area (Å²) in [4.78, 5) is 27.9. The highest BCUT2D eigenvalue weighted by atomic mass is 32.2. The van der Waals surface area contributed by atoms with Crippen LogP contribution in [-0.4, -0.2) is 30.2 Å². The van der Waals surface area contributed by atoms with Gasteiger partial charge >= 0.3 is 0 Å². The van der Waals surface area contributed by atoms with Crippen LogP contribution in [0.4, 0.5) is 5.69 Å². The van der Waals surface area contributed by atoms with Gasteiger partial charge in [-0.1, -0.05) is 32.9 Å². The lowest BCUT2D eigenvalue weighted by Gasteiger charge is -2.40. The Bertz CT molecular complexity index is 545. The van der Waals surface area contributed by atoms with E-state index in [4.69, 9.17) is 0 Å². The average molecular weight is 306 g/mol. The predicted octanol–water partition coefficient (Wildman–Crippen LogP) is 2.67. The standard InChI is InChI=1S/C16H22N2O2S/c1-5-11-15(19)17-14(10(2)3)16(20)18(11)12-8-6-7-9-13(12)21-4/h6-11,14H,5H2,1-4H3,(H,17,19). The summed E-state index contributed by atoms with van der Waals surface area (Å²) in [6.45, 7) is 5.84. The van der Waals surface area contributed by atoms with Crippen molar-refractivity contribution < 1.29 is 9.59 Å². The van der Waals surface area contributed by atoms with Crippen molar-refractivity contribution in [3.63, 3.8) is 0 Å². The maximum absolute atomic E-state index is 12.9. The lowest BCUT2D eigenvalue weighted by atomic mass is 9.96. The van der Waals surface area contributed by atoms with E-state index in [1.165, 1.54) is 0 Å². The Hall–Kier alpha value is -1.49. The molecule has 1 aliphatic heterocycles. The number of carbonyl (C=O) groups excluding carboxylic acids is 2. The number of para-hydroxylation sites is 1. The molecule has 2 amide bonds. The van der Waals surface area contributed by atoms with Gasteiger partial charge < -0.3 is 5.32 Å². The Morgan fingerprint density at radius 1 is 1.29 bits per heavy atom. The molecule has 0 radical (unpaired) electrons. The molecule has 2 unspecified atom stereocenters. The third-order valence-electron chi connectivity index (χ3n) is 3.81. The van der Waals surface area contributed by atoms with E-state index in [0.29, 0.717) is 6.42 Å². The average Bonchev–Trinajstić information content (AvgIpc) is 2.48. The monoisotopic (exact) mass is 306 g/mol. The Labute approximate surface area is 130 Å². The van der Waals surface area contributed by atoms with Crippen LogP contribution >= 0.6 is 11.8 Å². The maximum Gasteiger partial charge on any atom is 0.250 e. The summed E-state index contributed by atoms with van der Waals surface area (Å²) in [5.74, 6) is -0.00662. The zero-order chi connectivity index (χ0) is 15.6. The number of hydrogen-bond donors (Lipinski definition) is 1. The number of carbonyl (C=O) groups is 2. The van der Waals surface area contributed by atoms with Crippen LogP contribution in [0.2, 0.25) is 0 Å². The Balaban J connectivity index is 2.49. The molecule has 21 heavy (non-hydrogen) atoms. The molecule has 2 rings (SSSR count). The zero-order valence-electron chi connectivity index (χ0n) is 12.9. The van der Waals surface area contributed by atoms with Gasteiger partial charge in [-0.05, 0) is 30.7 Å². The number of nitrogens with zero attached hydrogens (tertiary/aromatic N) is 1. The van der Waals surface area contributed by atoms with E-state index in [0.717, 1.165) is 10.6 Å². The van der Waals surface area contributed by atoms with Crippen molar-refractivity contribution in [3.8, 4) is 0 Å². The van der Waals surface area contributed by atoms with E-state index < -0.39 is 12.1 Å². The van der Waals surface area contributed by atoms with Gasteiger partial charge in [-0.3, -0.25) is 14.5 Å². The fraction of sp³-hybridized carbons (Fsp3) is 0.500. The van der Waals surface area contributed by atoms with Crippen molar-refractivity contribution in [2.24, 2.45) is 5.92 Å². The second-order valence-corrected chi connectivity index (χ2v) is 6.38. The summed E-state index contributed by atoms with van der Waals surface area (Å²) in [5.41, 5.74) is 0.836. The summed E-state index contributed by atoms with van der Waals surface area (Å²) in [7, 11) is 0. The van der Waals surface area contributed by atoms with Gasteiger partial charge in [-0.15, -0.1) is 11.8 Å². The first-order chi connectivity index (χ1) is 10.0. The van der Waals surface area contributed by atoms with Crippen LogP contribution in [0.15, 0.2) is 29.2 Å². The van der Waals surface area contributed by atoms with Crippen molar-refractivity contribution in [2.45, 2.75) is 44.2 Å². The summed E-state index contributed by atoms with van der Waals surface area (Å²) in [6.07, 6.45) is 2.58. The second kappa shape index (κ2) is 6.52. The molecular weight excluding hydrogens is 284 g/mol. The zero-order valence-corrected chi connectivity index (χ0v) is 13.7. The van der Waals surface area contributed by atoms with Gasteiger partial charge in [0.15, 0.2) is 0 Å². The number of nitrogens with one attached hydrogen (secondary N) is 1. The van der Waals surface area contributed by atoms with Gasteiger partial charge in [0.25, 0.3) is 5.91 Å². The molecule has 5 heteroatoms. The molecule has 114 valence electrons. The SMILES string of the molecule is CCC1C(=O)NC(C(C)C)C(=O)N1c1ccccc1SC. The molecule has 0 bridgehead atoms. The van der Waals surface area contributed by atoms with Crippen LogP contribution in [0.3, 0.4) is 0 Å². The highest BCUT2D eigenvalue weighted by molar-refractivity contribution is 7.98. The van der Waals surface area contributed by atoms with E-state index in [2.05, 4.69) is 5.32 Å². The van der Waals surface area contributed by atoms with E-state index in [1.807, 2.05) is 51.3 Å². The van der Waals surface area contributed by atoms with Crippen molar-refractivity contribution in [1.82, 2.24) is 5.32 Å². The fourth-order valence-electron chi connectivity index (χ4n) is 2.67. The van der Waals surface area contributed by atoms with E-state index in [9.17, 15) is 9.59 Å². The molecular formula is C16H22N2O2S.